The summed E-state index contributed by atoms with van der Waals surface area (Å²) in [5.74, 6) is 0.949. The second kappa shape index (κ2) is 7.38. The van der Waals surface area contributed by atoms with E-state index in [-0.39, 0.29) is 5.54 Å². The Morgan fingerprint density at radius 2 is 2.05 bits per heavy atom. The molecule has 5 nitrogen and oxygen atoms in total. The van der Waals surface area contributed by atoms with Crippen molar-refractivity contribution >= 4 is 0 Å². The summed E-state index contributed by atoms with van der Waals surface area (Å²) in [6.07, 6.45) is 2.71. The maximum atomic E-state index is 5.43. The summed E-state index contributed by atoms with van der Waals surface area (Å²) in [6, 6.07) is 2.06. The van der Waals surface area contributed by atoms with Gasteiger partial charge in [-0.2, -0.15) is 0 Å². The average molecular weight is 294 g/mol. The number of aromatic nitrogens is 1. The van der Waals surface area contributed by atoms with Gasteiger partial charge in [0.05, 0.1) is 12.2 Å². The standard InChI is InChI=1S/C16H30N4O/c1-16(2,3)17-12-14-11-15(21-18-14)13-19(4)9-10-20-7-5-6-8-20/h11,17H,5-10,12-13H2,1-4H3. The van der Waals surface area contributed by atoms with E-state index in [1.54, 1.807) is 0 Å². The van der Waals surface area contributed by atoms with E-state index in [1.165, 1.54) is 25.9 Å². The van der Waals surface area contributed by atoms with Gasteiger partial charge in [-0.15, -0.1) is 0 Å². The van der Waals surface area contributed by atoms with E-state index in [0.717, 1.165) is 37.6 Å². The van der Waals surface area contributed by atoms with Crippen LogP contribution in [0, 0.1) is 0 Å². The maximum absolute atomic E-state index is 5.43. The summed E-state index contributed by atoms with van der Waals surface area (Å²) in [6.45, 7) is 12.8. The molecule has 1 aromatic heterocycles. The summed E-state index contributed by atoms with van der Waals surface area (Å²) in [7, 11) is 2.14. The van der Waals surface area contributed by atoms with E-state index in [4.69, 9.17) is 4.52 Å². The molecule has 0 atom stereocenters. The third-order valence-electron chi connectivity index (χ3n) is 3.83. The fourth-order valence-corrected chi connectivity index (χ4v) is 2.53. The highest BCUT2D eigenvalue weighted by atomic mass is 16.5. The molecule has 5 heteroatoms. The zero-order valence-electron chi connectivity index (χ0n) is 14.0. The van der Waals surface area contributed by atoms with Crippen LogP contribution in [0.25, 0.3) is 0 Å². The minimum Gasteiger partial charge on any atom is -0.360 e. The number of likely N-dealkylation sites (N-methyl/N-ethyl adjacent to an activating group) is 1. The maximum Gasteiger partial charge on any atom is 0.151 e. The fourth-order valence-electron chi connectivity index (χ4n) is 2.53. The monoisotopic (exact) mass is 294 g/mol. The Balaban J connectivity index is 1.70. The predicted molar refractivity (Wildman–Crippen MR) is 85.1 cm³/mol. The van der Waals surface area contributed by atoms with Crippen LogP contribution in [0.4, 0.5) is 0 Å². The molecule has 120 valence electrons. The second-order valence-electron chi connectivity index (χ2n) is 7.17. The van der Waals surface area contributed by atoms with Crippen molar-refractivity contribution in [1.82, 2.24) is 20.3 Å². The van der Waals surface area contributed by atoms with Crippen molar-refractivity contribution < 1.29 is 4.52 Å². The third kappa shape index (κ3) is 6.16. The first-order valence-corrected chi connectivity index (χ1v) is 8.03. The van der Waals surface area contributed by atoms with Gasteiger partial charge in [0.1, 0.15) is 0 Å². The minimum absolute atomic E-state index is 0.103. The number of nitrogens with one attached hydrogen (secondary N) is 1. The van der Waals surface area contributed by atoms with Crippen molar-refractivity contribution in [2.75, 3.05) is 33.2 Å². The van der Waals surface area contributed by atoms with Crippen LogP contribution >= 0.6 is 0 Å². The van der Waals surface area contributed by atoms with Crippen molar-refractivity contribution in [2.24, 2.45) is 0 Å². The van der Waals surface area contributed by atoms with Gasteiger partial charge in [0.15, 0.2) is 5.76 Å². The Hall–Kier alpha value is -0.910. The van der Waals surface area contributed by atoms with Gasteiger partial charge in [0.2, 0.25) is 0 Å². The number of nitrogens with zero attached hydrogens (tertiary/aromatic N) is 3. The first-order valence-electron chi connectivity index (χ1n) is 8.03. The Bertz CT molecular complexity index is 418. The molecule has 0 aliphatic carbocycles. The Kier molecular flexibility index (Phi) is 5.79. The lowest BCUT2D eigenvalue weighted by Crippen LogP contribution is -2.35. The predicted octanol–water partition coefficient (Wildman–Crippen LogP) is 2.09. The molecule has 2 rings (SSSR count). The van der Waals surface area contributed by atoms with E-state index in [0.29, 0.717) is 0 Å². The lowest BCUT2D eigenvalue weighted by atomic mass is 10.1. The van der Waals surface area contributed by atoms with Gasteiger partial charge in [-0.25, -0.2) is 0 Å². The summed E-state index contributed by atoms with van der Waals surface area (Å²) in [4.78, 5) is 4.84. The number of hydrogen-bond donors (Lipinski definition) is 1. The van der Waals surface area contributed by atoms with E-state index in [1.807, 2.05) is 0 Å². The molecule has 1 aliphatic rings. The van der Waals surface area contributed by atoms with Crippen molar-refractivity contribution in [1.29, 1.82) is 0 Å². The van der Waals surface area contributed by atoms with E-state index in [2.05, 4.69) is 54.2 Å². The Morgan fingerprint density at radius 1 is 1.33 bits per heavy atom. The van der Waals surface area contributed by atoms with Crippen molar-refractivity contribution in [3.63, 3.8) is 0 Å². The topological polar surface area (TPSA) is 44.5 Å². The van der Waals surface area contributed by atoms with E-state index in [9.17, 15) is 0 Å². The third-order valence-corrected chi connectivity index (χ3v) is 3.83. The average Bonchev–Trinajstić information content (AvgIpc) is 3.04. The minimum atomic E-state index is 0.103. The zero-order chi connectivity index (χ0) is 15.3. The number of likely N-dealkylation sites (tertiary alicyclic amines) is 1. The van der Waals surface area contributed by atoms with Crippen LogP contribution in [0.1, 0.15) is 45.1 Å². The molecule has 0 amide bonds. The van der Waals surface area contributed by atoms with Gasteiger partial charge in [0.25, 0.3) is 0 Å². The first-order chi connectivity index (χ1) is 9.92. The number of rotatable bonds is 7. The van der Waals surface area contributed by atoms with Crippen LogP contribution in [-0.2, 0) is 13.1 Å². The highest BCUT2D eigenvalue weighted by Crippen LogP contribution is 2.10. The summed E-state index contributed by atoms with van der Waals surface area (Å²) in [5, 5.41) is 7.56. The molecule has 1 fully saturated rings. The first kappa shape index (κ1) is 16.5. The van der Waals surface area contributed by atoms with Crippen molar-refractivity contribution in [3.05, 3.63) is 17.5 Å². The molecule has 1 N–H and O–H groups in total. The lowest BCUT2D eigenvalue weighted by molar-refractivity contribution is 0.230. The zero-order valence-corrected chi connectivity index (χ0v) is 14.0. The summed E-state index contributed by atoms with van der Waals surface area (Å²) < 4.78 is 5.43. The Labute approximate surface area is 128 Å². The molecular weight excluding hydrogens is 264 g/mol. The molecule has 0 unspecified atom stereocenters. The molecule has 0 aromatic carbocycles. The van der Waals surface area contributed by atoms with Gasteiger partial charge >= 0.3 is 0 Å². The van der Waals surface area contributed by atoms with Crippen LogP contribution in [0.5, 0.6) is 0 Å². The van der Waals surface area contributed by atoms with Gasteiger partial charge in [-0.3, -0.25) is 4.90 Å². The molecule has 21 heavy (non-hydrogen) atoms. The molecule has 0 saturated carbocycles. The molecule has 0 radical (unpaired) electrons. The Morgan fingerprint density at radius 3 is 2.71 bits per heavy atom. The highest BCUT2D eigenvalue weighted by Gasteiger charge is 2.14. The van der Waals surface area contributed by atoms with Gasteiger partial charge in [-0.05, 0) is 53.8 Å². The number of hydrogen-bond acceptors (Lipinski definition) is 5. The highest BCUT2D eigenvalue weighted by molar-refractivity contribution is 5.05. The summed E-state index contributed by atoms with van der Waals surface area (Å²) in [5.41, 5.74) is 1.08. The second-order valence-corrected chi connectivity index (χ2v) is 7.17. The molecule has 2 heterocycles. The van der Waals surface area contributed by atoms with Crippen molar-refractivity contribution in [2.45, 2.75) is 52.2 Å². The largest absolute Gasteiger partial charge is 0.360 e. The van der Waals surface area contributed by atoms with Crippen molar-refractivity contribution in [3.8, 4) is 0 Å². The lowest BCUT2D eigenvalue weighted by Gasteiger charge is -2.20. The van der Waals surface area contributed by atoms with Crippen LogP contribution in [0.3, 0.4) is 0 Å². The quantitative estimate of drug-likeness (QED) is 0.834. The molecule has 1 aromatic rings. The van der Waals surface area contributed by atoms with Gasteiger partial charge < -0.3 is 14.7 Å². The molecule has 1 aliphatic heterocycles. The van der Waals surface area contributed by atoms with Crippen LogP contribution < -0.4 is 5.32 Å². The van der Waals surface area contributed by atoms with Gasteiger partial charge in [-0.1, -0.05) is 5.16 Å². The smallest absolute Gasteiger partial charge is 0.151 e. The SMILES string of the molecule is CN(CCN1CCCC1)Cc1cc(CNC(C)(C)C)no1. The molecular formula is C16H30N4O. The van der Waals surface area contributed by atoms with E-state index < -0.39 is 0 Å². The van der Waals surface area contributed by atoms with Crippen LogP contribution in [0.2, 0.25) is 0 Å². The molecule has 0 spiro atoms. The molecule has 0 bridgehead atoms. The van der Waals surface area contributed by atoms with Gasteiger partial charge in [0, 0.05) is 31.2 Å². The van der Waals surface area contributed by atoms with Crippen LogP contribution in [0.15, 0.2) is 10.6 Å². The molecule has 1 saturated heterocycles. The normalized spacial score (nSPS) is 17.0. The van der Waals surface area contributed by atoms with Crippen LogP contribution in [-0.4, -0.2) is 53.7 Å². The fraction of sp³-hybridized carbons (Fsp3) is 0.812. The van der Waals surface area contributed by atoms with E-state index >= 15 is 0 Å². The summed E-state index contributed by atoms with van der Waals surface area (Å²) >= 11 is 0.